The highest BCUT2D eigenvalue weighted by Gasteiger charge is 2.14. The second-order valence-electron chi connectivity index (χ2n) is 6.07. The molecule has 0 aliphatic rings. The molecule has 0 spiro atoms. The van der Waals surface area contributed by atoms with E-state index in [9.17, 15) is 14.9 Å². The lowest BCUT2D eigenvalue weighted by molar-refractivity contribution is -0.384. The normalized spacial score (nSPS) is 11.1. The molecule has 0 saturated heterocycles. The summed E-state index contributed by atoms with van der Waals surface area (Å²) in [6.07, 6.45) is 2.97. The average molecular weight is 366 g/mol. The van der Waals surface area contributed by atoms with Crippen molar-refractivity contribution in [1.29, 1.82) is 0 Å². The number of rotatable bonds is 5. The summed E-state index contributed by atoms with van der Waals surface area (Å²) in [7, 11) is 0. The molecule has 2 aromatic heterocycles. The molecule has 0 saturated carbocycles. The molecule has 8 nitrogen and oxygen atoms in total. The van der Waals surface area contributed by atoms with Crippen molar-refractivity contribution in [3.05, 3.63) is 81.1 Å². The number of nitro benzene ring substituents is 1. The highest BCUT2D eigenvalue weighted by Crippen LogP contribution is 2.25. The van der Waals surface area contributed by atoms with Gasteiger partial charge in [-0.2, -0.15) is 5.10 Å². The minimum absolute atomic E-state index is 0.0566. The van der Waals surface area contributed by atoms with Crippen LogP contribution in [0.15, 0.2) is 52.2 Å². The molecule has 1 aromatic carbocycles. The first kappa shape index (κ1) is 18.1. The first-order valence-electron chi connectivity index (χ1n) is 8.19. The maximum atomic E-state index is 11.8. The molecule has 1 amide bonds. The number of nitrogens with zero attached hydrogens (tertiary/aromatic N) is 3. The van der Waals surface area contributed by atoms with E-state index in [1.165, 1.54) is 12.3 Å². The highest BCUT2D eigenvalue weighted by atomic mass is 16.6. The third-order valence-corrected chi connectivity index (χ3v) is 4.22. The molecule has 138 valence electrons. The number of hydrazone groups is 1. The summed E-state index contributed by atoms with van der Waals surface area (Å²) in [5.74, 6) is -0.254. The van der Waals surface area contributed by atoms with E-state index in [4.69, 9.17) is 4.42 Å². The fraction of sp³-hybridized carbons (Fsp3) is 0.158. The lowest BCUT2D eigenvalue weighted by atomic mass is 10.1. The number of aromatic nitrogens is 1. The van der Waals surface area contributed by atoms with E-state index in [1.807, 2.05) is 31.4 Å². The van der Waals surface area contributed by atoms with Crippen LogP contribution >= 0.6 is 0 Å². The lowest BCUT2D eigenvalue weighted by Gasteiger charge is -2.12. The number of carbonyl (C=O) groups is 1. The molecule has 0 bridgehead atoms. The van der Waals surface area contributed by atoms with Crippen LogP contribution in [0.2, 0.25) is 0 Å². The van der Waals surface area contributed by atoms with Crippen LogP contribution in [-0.4, -0.2) is 21.6 Å². The number of benzene rings is 1. The van der Waals surface area contributed by atoms with Gasteiger partial charge < -0.3 is 8.98 Å². The number of furan rings is 1. The Kier molecular flexibility index (Phi) is 4.89. The van der Waals surface area contributed by atoms with Gasteiger partial charge >= 0.3 is 5.91 Å². The van der Waals surface area contributed by atoms with Gasteiger partial charge in [0.05, 0.1) is 17.4 Å². The number of nitrogens with one attached hydrogen (secondary N) is 1. The summed E-state index contributed by atoms with van der Waals surface area (Å²) >= 11 is 0. The number of carbonyl (C=O) groups excluding carboxylic acids is 1. The van der Waals surface area contributed by atoms with E-state index in [1.54, 1.807) is 30.5 Å². The van der Waals surface area contributed by atoms with Crippen molar-refractivity contribution >= 4 is 17.8 Å². The Labute approximate surface area is 155 Å². The van der Waals surface area contributed by atoms with Crippen LogP contribution in [0.4, 0.5) is 5.69 Å². The minimum Gasteiger partial charge on any atom is -0.459 e. The van der Waals surface area contributed by atoms with Crippen LogP contribution in [0.25, 0.3) is 5.69 Å². The number of amides is 1. The summed E-state index contributed by atoms with van der Waals surface area (Å²) < 4.78 is 7.00. The van der Waals surface area contributed by atoms with Gasteiger partial charge in [-0.3, -0.25) is 14.9 Å². The van der Waals surface area contributed by atoms with Crippen molar-refractivity contribution < 1.29 is 14.1 Å². The largest absolute Gasteiger partial charge is 0.459 e. The zero-order chi connectivity index (χ0) is 19.6. The van der Waals surface area contributed by atoms with E-state index in [0.29, 0.717) is 0 Å². The number of non-ortho nitro benzene ring substituents is 1. The van der Waals surface area contributed by atoms with Crippen molar-refractivity contribution in [1.82, 2.24) is 9.99 Å². The molecular weight excluding hydrogens is 348 g/mol. The smallest absolute Gasteiger partial charge is 0.307 e. The van der Waals surface area contributed by atoms with Crippen molar-refractivity contribution in [3.63, 3.8) is 0 Å². The van der Waals surface area contributed by atoms with Gasteiger partial charge in [-0.1, -0.05) is 0 Å². The molecule has 3 aromatic rings. The molecule has 3 rings (SSSR count). The van der Waals surface area contributed by atoms with Gasteiger partial charge in [0.1, 0.15) is 0 Å². The van der Waals surface area contributed by atoms with E-state index >= 15 is 0 Å². The van der Waals surface area contributed by atoms with Crippen molar-refractivity contribution in [2.75, 3.05) is 0 Å². The molecule has 2 heterocycles. The second-order valence-corrected chi connectivity index (χ2v) is 6.07. The Morgan fingerprint density at radius 1 is 1.26 bits per heavy atom. The maximum absolute atomic E-state index is 11.8. The quantitative estimate of drug-likeness (QED) is 0.423. The molecule has 0 atom stereocenters. The van der Waals surface area contributed by atoms with Gasteiger partial charge in [0.2, 0.25) is 0 Å². The summed E-state index contributed by atoms with van der Waals surface area (Å²) in [5, 5.41) is 14.9. The Balaban J connectivity index is 1.86. The van der Waals surface area contributed by atoms with Crippen LogP contribution < -0.4 is 5.43 Å². The van der Waals surface area contributed by atoms with E-state index in [-0.39, 0.29) is 11.4 Å². The summed E-state index contributed by atoms with van der Waals surface area (Å²) in [4.78, 5) is 22.4. The molecule has 1 N–H and O–H groups in total. The van der Waals surface area contributed by atoms with Gasteiger partial charge in [-0.15, -0.1) is 0 Å². The van der Waals surface area contributed by atoms with Crippen LogP contribution in [0.5, 0.6) is 0 Å². The Morgan fingerprint density at radius 3 is 2.67 bits per heavy atom. The number of hydrogen-bond acceptors (Lipinski definition) is 5. The van der Waals surface area contributed by atoms with Crippen LogP contribution in [0.1, 0.15) is 33.1 Å². The van der Waals surface area contributed by atoms with Gasteiger partial charge in [0.15, 0.2) is 5.76 Å². The first-order chi connectivity index (χ1) is 12.9. The third-order valence-electron chi connectivity index (χ3n) is 4.22. The molecule has 8 heteroatoms. The third kappa shape index (κ3) is 3.64. The molecule has 27 heavy (non-hydrogen) atoms. The standard InChI is InChI=1S/C19H18N4O4/c1-12-9-16(23(25)26)6-7-17(12)22-13(2)10-15(14(22)3)11-20-21-19(24)18-5-4-8-27-18/h4-11H,1-3H3,(H,21,24)/b20-11-. The zero-order valence-corrected chi connectivity index (χ0v) is 15.1. The molecule has 0 unspecified atom stereocenters. The minimum atomic E-state index is -0.434. The topological polar surface area (TPSA) is 103 Å². The molecular formula is C19H18N4O4. The fourth-order valence-corrected chi connectivity index (χ4v) is 2.92. The van der Waals surface area contributed by atoms with Crippen LogP contribution in [-0.2, 0) is 0 Å². The molecule has 0 fully saturated rings. The van der Waals surface area contributed by atoms with Gasteiger partial charge in [-0.05, 0) is 50.6 Å². The van der Waals surface area contributed by atoms with Crippen LogP contribution in [0, 0.1) is 30.9 Å². The van der Waals surface area contributed by atoms with Crippen LogP contribution in [0.3, 0.4) is 0 Å². The summed E-state index contributed by atoms with van der Waals surface area (Å²) in [6.45, 7) is 5.69. The number of hydrogen-bond donors (Lipinski definition) is 1. The fourth-order valence-electron chi connectivity index (χ4n) is 2.92. The van der Waals surface area contributed by atoms with E-state index in [2.05, 4.69) is 10.5 Å². The SMILES string of the molecule is Cc1cc([N+](=O)[O-])ccc1-n1c(C)cc(/C=N\NC(=O)c2ccco2)c1C. The monoisotopic (exact) mass is 366 g/mol. The Bertz CT molecular complexity index is 1030. The second kappa shape index (κ2) is 7.28. The number of nitro groups is 1. The average Bonchev–Trinajstić information content (AvgIpc) is 3.24. The van der Waals surface area contributed by atoms with E-state index < -0.39 is 10.8 Å². The van der Waals surface area contributed by atoms with Crippen molar-refractivity contribution in [2.45, 2.75) is 20.8 Å². The van der Waals surface area contributed by atoms with Gasteiger partial charge in [0.25, 0.3) is 5.69 Å². The molecule has 0 radical (unpaired) electrons. The zero-order valence-electron chi connectivity index (χ0n) is 15.1. The lowest BCUT2D eigenvalue weighted by Crippen LogP contribution is -2.16. The summed E-state index contributed by atoms with van der Waals surface area (Å²) in [6, 6.07) is 9.86. The van der Waals surface area contributed by atoms with Crippen molar-refractivity contribution in [2.24, 2.45) is 5.10 Å². The van der Waals surface area contributed by atoms with Gasteiger partial charge in [0, 0.05) is 34.8 Å². The Morgan fingerprint density at radius 2 is 2.04 bits per heavy atom. The number of aryl methyl sites for hydroxylation is 2. The molecule has 0 aliphatic carbocycles. The van der Waals surface area contributed by atoms with E-state index in [0.717, 1.165) is 28.2 Å². The van der Waals surface area contributed by atoms with Crippen molar-refractivity contribution in [3.8, 4) is 5.69 Å². The summed E-state index contributed by atoms with van der Waals surface area (Å²) in [5.41, 5.74) is 6.79. The Hall–Kier alpha value is -3.68. The van der Waals surface area contributed by atoms with Gasteiger partial charge in [-0.25, -0.2) is 5.43 Å². The first-order valence-corrected chi connectivity index (χ1v) is 8.19. The highest BCUT2D eigenvalue weighted by molar-refractivity contribution is 5.92. The molecule has 0 aliphatic heterocycles. The predicted molar refractivity (Wildman–Crippen MR) is 100 cm³/mol. The maximum Gasteiger partial charge on any atom is 0.307 e. The predicted octanol–water partition coefficient (Wildman–Crippen LogP) is 3.67.